The number of nitrogens with zero attached hydrogens (tertiary/aromatic N) is 3. The molecule has 0 aliphatic rings. The lowest BCUT2D eigenvalue weighted by Gasteiger charge is -2.15. The summed E-state index contributed by atoms with van der Waals surface area (Å²) in [6.07, 6.45) is 3.55. The number of carbonyl (C=O) groups excluding carboxylic acids is 1. The molecule has 0 atom stereocenters. The van der Waals surface area contributed by atoms with Gasteiger partial charge in [0.15, 0.2) is 0 Å². The Labute approximate surface area is 105 Å². The number of hydrogen-bond acceptors (Lipinski definition) is 5. The summed E-state index contributed by atoms with van der Waals surface area (Å²) < 4.78 is 0. The summed E-state index contributed by atoms with van der Waals surface area (Å²) in [7, 11) is 1.69. The Bertz CT molecular complexity index is 430. The van der Waals surface area contributed by atoms with E-state index in [-0.39, 0.29) is 5.91 Å². The minimum atomic E-state index is -0.0125. The van der Waals surface area contributed by atoms with Crippen molar-refractivity contribution in [3.05, 3.63) is 18.5 Å². The van der Waals surface area contributed by atoms with Gasteiger partial charge in [0.1, 0.15) is 0 Å². The molecule has 90 valence electrons. The maximum absolute atomic E-state index is 11.7. The van der Waals surface area contributed by atoms with Gasteiger partial charge in [-0.2, -0.15) is 5.26 Å². The van der Waals surface area contributed by atoms with Crippen LogP contribution in [-0.4, -0.2) is 35.1 Å². The molecule has 2 N–H and O–H groups in total. The van der Waals surface area contributed by atoms with Crippen LogP contribution in [0.1, 0.15) is 6.42 Å². The maximum atomic E-state index is 11.7. The topological polar surface area (TPSA) is 83.0 Å². The van der Waals surface area contributed by atoms with Gasteiger partial charge in [-0.1, -0.05) is 0 Å². The van der Waals surface area contributed by atoms with Crippen LogP contribution in [0.2, 0.25) is 0 Å². The second-order valence-electron chi connectivity index (χ2n) is 3.43. The van der Waals surface area contributed by atoms with Crippen molar-refractivity contribution in [1.82, 2.24) is 9.88 Å². The van der Waals surface area contributed by atoms with Gasteiger partial charge in [0.2, 0.25) is 5.91 Å². The third kappa shape index (κ3) is 4.33. The van der Waals surface area contributed by atoms with Gasteiger partial charge in [-0.25, -0.2) is 0 Å². The molecular formula is C11H14N4OS. The lowest BCUT2D eigenvalue weighted by atomic mass is 10.4. The smallest absolute Gasteiger partial charge is 0.232 e. The third-order valence-corrected chi connectivity index (χ3v) is 3.22. The fraction of sp³-hybridized carbons (Fsp3) is 0.364. The lowest BCUT2D eigenvalue weighted by molar-refractivity contribution is -0.127. The first kappa shape index (κ1) is 13.3. The van der Waals surface area contributed by atoms with E-state index < -0.39 is 0 Å². The molecule has 1 amide bonds. The summed E-state index contributed by atoms with van der Waals surface area (Å²) in [5.74, 6) is 0.303. The van der Waals surface area contributed by atoms with Crippen molar-refractivity contribution < 1.29 is 4.79 Å². The molecule has 5 nitrogen and oxygen atoms in total. The summed E-state index contributed by atoms with van der Waals surface area (Å²) in [4.78, 5) is 17.9. The predicted molar refractivity (Wildman–Crippen MR) is 67.2 cm³/mol. The van der Waals surface area contributed by atoms with Gasteiger partial charge in [-0.05, 0) is 6.07 Å². The summed E-state index contributed by atoms with van der Waals surface area (Å²) in [5.41, 5.74) is 6.29. The highest BCUT2D eigenvalue weighted by molar-refractivity contribution is 8.00. The molecule has 0 saturated carbocycles. The Kier molecular flexibility index (Phi) is 5.30. The van der Waals surface area contributed by atoms with Gasteiger partial charge in [0.05, 0.1) is 30.1 Å². The summed E-state index contributed by atoms with van der Waals surface area (Å²) in [6.45, 7) is 0.460. The van der Waals surface area contributed by atoms with E-state index in [1.807, 2.05) is 6.07 Å². The van der Waals surface area contributed by atoms with Crippen molar-refractivity contribution in [3.8, 4) is 6.07 Å². The number of nitrogens with two attached hydrogens (primary N) is 1. The van der Waals surface area contributed by atoms with E-state index >= 15 is 0 Å². The van der Waals surface area contributed by atoms with Crippen LogP contribution in [0.3, 0.4) is 0 Å². The number of anilines is 1. The number of rotatable bonds is 5. The van der Waals surface area contributed by atoms with Crippen molar-refractivity contribution in [2.24, 2.45) is 0 Å². The van der Waals surface area contributed by atoms with Crippen molar-refractivity contribution in [2.75, 3.05) is 25.1 Å². The normalized spacial score (nSPS) is 9.65. The molecule has 1 heterocycles. The summed E-state index contributed by atoms with van der Waals surface area (Å²) >= 11 is 1.38. The van der Waals surface area contributed by atoms with Crippen LogP contribution in [0.5, 0.6) is 0 Å². The SMILES string of the molecule is CN(CCC#N)C(=O)CSc1ccncc1N. The van der Waals surface area contributed by atoms with E-state index in [2.05, 4.69) is 4.98 Å². The first-order valence-corrected chi connectivity index (χ1v) is 6.07. The van der Waals surface area contributed by atoms with E-state index in [4.69, 9.17) is 11.0 Å². The van der Waals surface area contributed by atoms with Gasteiger partial charge in [-0.15, -0.1) is 11.8 Å². The number of thioether (sulfide) groups is 1. The molecule has 0 spiro atoms. The number of aromatic nitrogens is 1. The number of pyridine rings is 1. The molecular weight excluding hydrogens is 236 g/mol. The number of nitriles is 1. The molecule has 0 aliphatic carbocycles. The molecule has 17 heavy (non-hydrogen) atoms. The molecule has 1 aromatic rings. The number of carbonyl (C=O) groups is 1. The first-order valence-electron chi connectivity index (χ1n) is 5.08. The number of nitrogen functional groups attached to an aromatic ring is 1. The third-order valence-electron chi connectivity index (χ3n) is 2.15. The quantitative estimate of drug-likeness (QED) is 0.792. The van der Waals surface area contributed by atoms with Crippen LogP contribution < -0.4 is 5.73 Å². The van der Waals surface area contributed by atoms with Crippen molar-refractivity contribution >= 4 is 23.4 Å². The summed E-state index contributed by atoms with van der Waals surface area (Å²) in [6, 6.07) is 3.79. The monoisotopic (exact) mass is 250 g/mol. The second kappa shape index (κ2) is 6.76. The fourth-order valence-corrected chi connectivity index (χ4v) is 1.99. The molecule has 0 fully saturated rings. The van der Waals surface area contributed by atoms with E-state index in [9.17, 15) is 4.79 Å². The molecule has 0 saturated heterocycles. The molecule has 0 aliphatic heterocycles. The van der Waals surface area contributed by atoms with Gasteiger partial charge in [0.25, 0.3) is 0 Å². The van der Waals surface area contributed by atoms with Crippen LogP contribution in [0.15, 0.2) is 23.4 Å². The Morgan fingerprint density at radius 2 is 2.47 bits per heavy atom. The molecule has 1 aromatic heterocycles. The van der Waals surface area contributed by atoms with Gasteiger partial charge < -0.3 is 10.6 Å². The van der Waals surface area contributed by atoms with Crippen LogP contribution in [0.4, 0.5) is 5.69 Å². The van der Waals surface area contributed by atoms with E-state index in [1.54, 1.807) is 30.4 Å². The van der Waals surface area contributed by atoms with Crippen LogP contribution in [-0.2, 0) is 4.79 Å². The highest BCUT2D eigenvalue weighted by atomic mass is 32.2. The van der Waals surface area contributed by atoms with Gasteiger partial charge >= 0.3 is 0 Å². The zero-order chi connectivity index (χ0) is 12.7. The number of hydrogen-bond donors (Lipinski definition) is 1. The van der Waals surface area contributed by atoms with E-state index in [1.165, 1.54) is 11.8 Å². The van der Waals surface area contributed by atoms with E-state index in [0.29, 0.717) is 24.4 Å². The highest BCUT2D eigenvalue weighted by Gasteiger charge is 2.09. The minimum Gasteiger partial charge on any atom is -0.397 e. The second-order valence-corrected chi connectivity index (χ2v) is 4.44. The van der Waals surface area contributed by atoms with Crippen molar-refractivity contribution in [2.45, 2.75) is 11.3 Å². The van der Waals surface area contributed by atoms with Crippen molar-refractivity contribution in [1.29, 1.82) is 5.26 Å². The maximum Gasteiger partial charge on any atom is 0.232 e. The van der Waals surface area contributed by atoms with E-state index in [0.717, 1.165) is 4.90 Å². The molecule has 0 radical (unpaired) electrons. The zero-order valence-corrected chi connectivity index (χ0v) is 10.4. The van der Waals surface area contributed by atoms with Crippen LogP contribution in [0, 0.1) is 11.3 Å². The lowest BCUT2D eigenvalue weighted by Crippen LogP contribution is -2.29. The summed E-state index contributed by atoms with van der Waals surface area (Å²) in [5, 5.41) is 8.42. The largest absolute Gasteiger partial charge is 0.397 e. The fourth-order valence-electron chi connectivity index (χ4n) is 1.12. The van der Waals surface area contributed by atoms with Crippen LogP contribution >= 0.6 is 11.8 Å². The Hall–Kier alpha value is -1.74. The standard InChI is InChI=1S/C11H14N4OS/c1-15(6-2-4-12)11(16)8-17-10-3-5-14-7-9(10)13/h3,5,7H,2,6,8,13H2,1H3. The molecule has 6 heteroatoms. The molecule has 1 rings (SSSR count). The zero-order valence-electron chi connectivity index (χ0n) is 9.59. The van der Waals surface area contributed by atoms with Gasteiger partial charge in [-0.3, -0.25) is 9.78 Å². The molecule has 0 unspecified atom stereocenters. The highest BCUT2D eigenvalue weighted by Crippen LogP contribution is 2.23. The number of amides is 1. The molecule has 0 aromatic carbocycles. The first-order chi connectivity index (χ1) is 8.15. The Morgan fingerprint density at radius 3 is 3.12 bits per heavy atom. The van der Waals surface area contributed by atoms with Gasteiger partial charge in [0, 0.05) is 24.7 Å². The predicted octanol–water partition coefficient (Wildman–Crippen LogP) is 1.13. The Morgan fingerprint density at radius 1 is 1.71 bits per heavy atom. The van der Waals surface area contributed by atoms with Crippen LogP contribution in [0.25, 0.3) is 0 Å². The minimum absolute atomic E-state index is 0.0125. The van der Waals surface area contributed by atoms with Crippen molar-refractivity contribution in [3.63, 3.8) is 0 Å². The molecule has 0 bridgehead atoms. The Balaban J connectivity index is 2.43. The average molecular weight is 250 g/mol. The average Bonchev–Trinajstić information content (AvgIpc) is 2.34.